The fraction of sp³-hybridized carbons (Fsp3) is 0.524. The SMILES string of the molecule is COCC(N)C1(C)CCN(c2nc(C)c(-c3cccc(Cl)c3Cl)nc2CO)CC1. The molecule has 0 saturated carbocycles. The van der Waals surface area contributed by atoms with E-state index in [1.54, 1.807) is 13.2 Å². The molecule has 3 rings (SSSR count). The highest BCUT2D eigenvalue weighted by Gasteiger charge is 2.36. The molecule has 0 spiro atoms. The first kappa shape index (κ1) is 22.2. The van der Waals surface area contributed by atoms with Crippen LogP contribution in [-0.2, 0) is 11.3 Å². The second-order valence-corrected chi connectivity index (χ2v) is 8.68. The molecular formula is C21H28Cl2N4O2. The van der Waals surface area contributed by atoms with E-state index in [1.807, 2.05) is 19.1 Å². The van der Waals surface area contributed by atoms with Crippen molar-refractivity contribution in [1.82, 2.24) is 9.97 Å². The quantitative estimate of drug-likeness (QED) is 0.712. The van der Waals surface area contributed by atoms with Crippen LogP contribution >= 0.6 is 23.2 Å². The minimum atomic E-state index is -0.204. The molecule has 158 valence electrons. The molecule has 1 aliphatic heterocycles. The average Bonchev–Trinajstić information content (AvgIpc) is 2.71. The number of aliphatic hydroxyl groups excluding tert-OH is 1. The summed E-state index contributed by atoms with van der Waals surface area (Å²) >= 11 is 12.5. The van der Waals surface area contributed by atoms with E-state index in [2.05, 4.69) is 11.8 Å². The molecule has 3 N–H and O–H groups in total. The third-order valence-corrected chi connectivity index (χ3v) is 6.74. The Hall–Kier alpha value is -1.44. The zero-order valence-electron chi connectivity index (χ0n) is 17.1. The van der Waals surface area contributed by atoms with Crippen molar-refractivity contribution in [1.29, 1.82) is 0 Å². The number of ether oxygens (including phenoxy) is 1. The maximum absolute atomic E-state index is 9.97. The van der Waals surface area contributed by atoms with Crippen LogP contribution in [0.5, 0.6) is 0 Å². The van der Waals surface area contributed by atoms with Crippen molar-refractivity contribution in [3.63, 3.8) is 0 Å². The summed E-state index contributed by atoms with van der Waals surface area (Å²) in [4.78, 5) is 11.7. The van der Waals surface area contributed by atoms with Crippen molar-refractivity contribution in [2.24, 2.45) is 11.1 Å². The monoisotopic (exact) mass is 438 g/mol. The molecule has 2 aromatic rings. The van der Waals surface area contributed by atoms with E-state index in [0.717, 1.165) is 31.6 Å². The van der Waals surface area contributed by atoms with Gasteiger partial charge in [0.15, 0.2) is 5.82 Å². The van der Waals surface area contributed by atoms with Crippen LogP contribution in [-0.4, -0.2) is 47.9 Å². The number of aromatic nitrogens is 2. The molecule has 0 aliphatic carbocycles. The van der Waals surface area contributed by atoms with Crippen LogP contribution in [0.4, 0.5) is 5.82 Å². The Labute approximate surface area is 182 Å². The van der Waals surface area contributed by atoms with Gasteiger partial charge in [-0.15, -0.1) is 0 Å². The molecule has 1 aromatic carbocycles. The molecule has 0 radical (unpaired) electrons. The van der Waals surface area contributed by atoms with Gasteiger partial charge in [-0.3, -0.25) is 0 Å². The van der Waals surface area contributed by atoms with Crippen molar-refractivity contribution in [2.75, 3.05) is 31.7 Å². The van der Waals surface area contributed by atoms with Crippen LogP contribution in [0.25, 0.3) is 11.3 Å². The van der Waals surface area contributed by atoms with Crippen LogP contribution in [0.1, 0.15) is 31.2 Å². The molecule has 2 heterocycles. The Morgan fingerprint density at radius 3 is 2.59 bits per heavy atom. The highest BCUT2D eigenvalue weighted by molar-refractivity contribution is 6.43. The van der Waals surface area contributed by atoms with Gasteiger partial charge in [-0.2, -0.15) is 0 Å². The maximum Gasteiger partial charge on any atom is 0.153 e. The van der Waals surface area contributed by atoms with Gasteiger partial charge in [0.05, 0.1) is 34.6 Å². The Kier molecular flexibility index (Phi) is 7.02. The largest absolute Gasteiger partial charge is 0.390 e. The molecule has 1 aliphatic rings. The van der Waals surface area contributed by atoms with Crippen LogP contribution < -0.4 is 10.6 Å². The lowest BCUT2D eigenvalue weighted by molar-refractivity contribution is 0.0991. The topological polar surface area (TPSA) is 84.5 Å². The van der Waals surface area contributed by atoms with Gasteiger partial charge >= 0.3 is 0 Å². The van der Waals surface area contributed by atoms with E-state index in [0.29, 0.717) is 39.4 Å². The number of nitrogens with two attached hydrogens (primary N) is 1. The second kappa shape index (κ2) is 9.14. The number of aryl methyl sites for hydroxylation is 1. The number of hydrogen-bond donors (Lipinski definition) is 2. The Morgan fingerprint density at radius 2 is 1.97 bits per heavy atom. The van der Waals surface area contributed by atoms with Crippen molar-refractivity contribution >= 4 is 29.0 Å². The first-order chi connectivity index (χ1) is 13.8. The van der Waals surface area contributed by atoms with E-state index in [-0.39, 0.29) is 18.1 Å². The normalized spacial score (nSPS) is 17.4. The number of methoxy groups -OCH3 is 1. The molecular weight excluding hydrogens is 411 g/mol. The molecule has 0 amide bonds. The van der Waals surface area contributed by atoms with Crippen LogP contribution in [0, 0.1) is 12.3 Å². The molecule has 0 bridgehead atoms. The summed E-state index contributed by atoms with van der Waals surface area (Å²) in [5.74, 6) is 0.717. The summed E-state index contributed by atoms with van der Waals surface area (Å²) in [6.07, 6.45) is 1.84. The summed E-state index contributed by atoms with van der Waals surface area (Å²) in [7, 11) is 1.68. The van der Waals surface area contributed by atoms with E-state index >= 15 is 0 Å². The zero-order chi connectivity index (χ0) is 21.2. The summed E-state index contributed by atoms with van der Waals surface area (Å²) in [6, 6.07) is 5.41. The third kappa shape index (κ3) is 4.52. The fourth-order valence-corrected chi connectivity index (χ4v) is 4.21. The lowest BCUT2D eigenvalue weighted by Crippen LogP contribution is -2.50. The number of nitrogens with zero attached hydrogens (tertiary/aromatic N) is 3. The average molecular weight is 439 g/mol. The van der Waals surface area contributed by atoms with Crippen molar-refractivity contribution < 1.29 is 9.84 Å². The van der Waals surface area contributed by atoms with Gasteiger partial charge in [0.2, 0.25) is 0 Å². The lowest BCUT2D eigenvalue weighted by atomic mass is 9.74. The molecule has 1 fully saturated rings. The second-order valence-electron chi connectivity index (χ2n) is 7.89. The van der Waals surface area contributed by atoms with Gasteiger partial charge in [0.1, 0.15) is 5.69 Å². The summed E-state index contributed by atoms with van der Waals surface area (Å²) in [6.45, 7) is 6.05. The van der Waals surface area contributed by atoms with Crippen molar-refractivity contribution in [2.45, 2.75) is 39.3 Å². The number of aliphatic hydroxyl groups is 1. The summed E-state index contributed by atoms with van der Waals surface area (Å²) in [5, 5.41) is 10.9. The van der Waals surface area contributed by atoms with Crippen LogP contribution in [0.15, 0.2) is 18.2 Å². The number of piperidine rings is 1. The number of anilines is 1. The lowest BCUT2D eigenvalue weighted by Gasteiger charge is -2.43. The van der Waals surface area contributed by atoms with Crippen LogP contribution in [0.2, 0.25) is 10.0 Å². The minimum Gasteiger partial charge on any atom is -0.390 e. The first-order valence-electron chi connectivity index (χ1n) is 9.73. The predicted molar refractivity (Wildman–Crippen MR) is 118 cm³/mol. The van der Waals surface area contributed by atoms with Gasteiger partial charge in [0, 0.05) is 31.8 Å². The van der Waals surface area contributed by atoms with Gasteiger partial charge in [0.25, 0.3) is 0 Å². The molecule has 1 unspecified atom stereocenters. The Balaban J connectivity index is 1.88. The van der Waals surface area contributed by atoms with Crippen molar-refractivity contribution in [3.05, 3.63) is 39.6 Å². The van der Waals surface area contributed by atoms with Gasteiger partial charge < -0.3 is 20.5 Å². The zero-order valence-corrected chi connectivity index (χ0v) is 18.6. The molecule has 6 nitrogen and oxygen atoms in total. The molecule has 29 heavy (non-hydrogen) atoms. The number of hydrogen-bond acceptors (Lipinski definition) is 6. The maximum atomic E-state index is 9.97. The van der Waals surface area contributed by atoms with Gasteiger partial charge in [-0.05, 0) is 31.2 Å². The van der Waals surface area contributed by atoms with E-state index < -0.39 is 0 Å². The van der Waals surface area contributed by atoms with E-state index in [9.17, 15) is 5.11 Å². The smallest absolute Gasteiger partial charge is 0.153 e. The molecule has 8 heteroatoms. The number of benzene rings is 1. The number of rotatable bonds is 6. The fourth-order valence-electron chi connectivity index (χ4n) is 3.82. The minimum absolute atomic E-state index is 0.00729. The van der Waals surface area contributed by atoms with Gasteiger partial charge in [-0.1, -0.05) is 42.3 Å². The van der Waals surface area contributed by atoms with Gasteiger partial charge in [-0.25, -0.2) is 9.97 Å². The Morgan fingerprint density at radius 1 is 1.28 bits per heavy atom. The standard InChI is InChI=1S/C21H28Cl2N4O2/c1-13-19(14-5-4-6-15(22)18(14)23)26-16(11-28)20(25-13)27-9-7-21(2,8-10-27)17(24)12-29-3/h4-6,17,28H,7-12,24H2,1-3H3. The molecule has 1 atom stereocenters. The number of halogens is 2. The summed E-state index contributed by atoms with van der Waals surface area (Å²) < 4.78 is 5.24. The van der Waals surface area contributed by atoms with E-state index in [1.165, 1.54) is 0 Å². The molecule has 1 aromatic heterocycles. The predicted octanol–water partition coefficient (Wildman–Crippen LogP) is 3.83. The highest BCUT2D eigenvalue weighted by atomic mass is 35.5. The highest BCUT2D eigenvalue weighted by Crippen LogP contribution is 2.38. The first-order valence-corrected chi connectivity index (χ1v) is 10.5. The van der Waals surface area contributed by atoms with E-state index in [4.69, 9.17) is 43.6 Å². The summed E-state index contributed by atoms with van der Waals surface area (Å²) in [5.41, 5.74) is 8.97. The molecule has 1 saturated heterocycles. The Bertz CT molecular complexity index is 870. The van der Waals surface area contributed by atoms with Crippen molar-refractivity contribution in [3.8, 4) is 11.3 Å². The van der Waals surface area contributed by atoms with Crippen LogP contribution in [0.3, 0.4) is 0 Å². The third-order valence-electron chi connectivity index (χ3n) is 5.92.